The highest BCUT2D eigenvalue weighted by Crippen LogP contribution is 2.38. The molecule has 1 unspecified atom stereocenters. The van der Waals surface area contributed by atoms with E-state index in [4.69, 9.17) is 15.5 Å². The summed E-state index contributed by atoms with van der Waals surface area (Å²) in [6.07, 6.45) is -3.05. The van der Waals surface area contributed by atoms with Crippen LogP contribution >= 0.6 is 0 Å². The predicted molar refractivity (Wildman–Crippen MR) is 71.2 cm³/mol. The third-order valence-electron chi connectivity index (χ3n) is 2.85. The van der Waals surface area contributed by atoms with Gasteiger partial charge in [-0.05, 0) is 23.1 Å². The van der Waals surface area contributed by atoms with Gasteiger partial charge in [-0.2, -0.15) is 5.26 Å². The number of hydrogen-bond donors (Lipinski definition) is 2. The highest BCUT2D eigenvalue weighted by molar-refractivity contribution is 5.86. The summed E-state index contributed by atoms with van der Waals surface area (Å²) < 4.78 is 0. The molecule has 6 nitrogen and oxygen atoms in total. The van der Waals surface area contributed by atoms with Gasteiger partial charge in [0.15, 0.2) is 0 Å². The maximum atomic E-state index is 11.2. The average Bonchev–Trinajstić information content (AvgIpc) is 2.33. The highest BCUT2D eigenvalue weighted by atomic mass is 16.4. The van der Waals surface area contributed by atoms with E-state index in [2.05, 4.69) is 0 Å². The van der Waals surface area contributed by atoms with Crippen LogP contribution in [0.5, 0.6) is 0 Å². The van der Waals surface area contributed by atoms with Crippen molar-refractivity contribution in [2.75, 3.05) is 0 Å². The zero-order chi connectivity index (χ0) is 15.5. The van der Waals surface area contributed by atoms with E-state index in [-0.39, 0.29) is 0 Å². The molecule has 0 aromatic heterocycles. The number of carbonyl (C=O) groups is 2. The van der Waals surface area contributed by atoms with Crippen molar-refractivity contribution in [1.82, 2.24) is 4.90 Å². The molecule has 1 aromatic rings. The largest absolute Gasteiger partial charge is 0.465 e. The Balaban J connectivity index is 3.35. The molecular weight excluding hydrogens is 260 g/mol. The molecule has 1 aromatic carbocycles. The van der Waals surface area contributed by atoms with Crippen molar-refractivity contribution in [1.29, 1.82) is 5.26 Å². The molecule has 2 amide bonds. The Bertz CT molecular complexity index is 538. The van der Waals surface area contributed by atoms with E-state index in [0.29, 0.717) is 16.0 Å². The molecule has 106 valence electrons. The third-order valence-corrected chi connectivity index (χ3v) is 2.85. The number of nitriles is 1. The van der Waals surface area contributed by atoms with Gasteiger partial charge in [-0.25, -0.2) is 14.5 Å². The second kappa shape index (κ2) is 5.61. The van der Waals surface area contributed by atoms with Crippen molar-refractivity contribution in [3.8, 4) is 6.07 Å². The topological polar surface area (TPSA) is 102 Å². The van der Waals surface area contributed by atoms with Gasteiger partial charge in [0, 0.05) is 0 Å². The number of carboxylic acid groups (broad SMARTS) is 2. The maximum absolute atomic E-state index is 11.2. The molecule has 1 atom stereocenters. The lowest BCUT2D eigenvalue weighted by Crippen LogP contribution is -2.43. The fourth-order valence-electron chi connectivity index (χ4n) is 2.08. The lowest BCUT2D eigenvalue weighted by molar-refractivity contribution is 0.0746. The molecule has 0 fully saturated rings. The summed E-state index contributed by atoms with van der Waals surface area (Å²) in [5, 5.41) is 27.0. The Morgan fingerprint density at radius 1 is 1.15 bits per heavy atom. The Morgan fingerprint density at radius 2 is 1.60 bits per heavy atom. The zero-order valence-corrected chi connectivity index (χ0v) is 11.5. The van der Waals surface area contributed by atoms with Crippen molar-refractivity contribution in [2.45, 2.75) is 26.8 Å². The van der Waals surface area contributed by atoms with Crippen LogP contribution in [0.1, 0.15) is 37.9 Å². The molecule has 6 heteroatoms. The molecule has 0 bridgehead atoms. The lowest BCUT2D eigenvalue weighted by Gasteiger charge is -2.36. The van der Waals surface area contributed by atoms with Crippen LogP contribution in [0.25, 0.3) is 0 Å². The first kappa shape index (κ1) is 15.5. The second-order valence-corrected chi connectivity index (χ2v) is 5.44. The van der Waals surface area contributed by atoms with E-state index in [1.165, 1.54) is 12.1 Å². The molecule has 0 aliphatic rings. The van der Waals surface area contributed by atoms with Gasteiger partial charge >= 0.3 is 12.2 Å². The van der Waals surface area contributed by atoms with E-state index in [1.54, 1.807) is 32.9 Å². The number of nitrogens with zero attached hydrogens (tertiary/aromatic N) is 2. The predicted octanol–water partition coefficient (Wildman–Crippen LogP) is 3.30. The Hall–Kier alpha value is -2.55. The molecule has 0 radical (unpaired) electrons. The van der Waals surface area contributed by atoms with Crippen LogP contribution in [0, 0.1) is 16.7 Å². The first-order chi connectivity index (χ1) is 9.18. The fraction of sp³-hybridized carbons (Fsp3) is 0.357. The number of benzene rings is 1. The fourth-order valence-corrected chi connectivity index (χ4v) is 2.08. The first-order valence-corrected chi connectivity index (χ1v) is 5.93. The quantitative estimate of drug-likeness (QED) is 0.862. The summed E-state index contributed by atoms with van der Waals surface area (Å²) in [5.41, 5.74) is 0.338. The van der Waals surface area contributed by atoms with E-state index >= 15 is 0 Å². The van der Waals surface area contributed by atoms with E-state index < -0.39 is 23.6 Å². The summed E-state index contributed by atoms with van der Waals surface area (Å²) in [7, 11) is 0. The molecule has 0 heterocycles. The Morgan fingerprint density at radius 3 is 1.90 bits per heavy atom. The molecule has 0 aliphatic carbocycles. The van der Waals surface area contributed by atoms with Gasteiger partial charge in [-0.15, -0.1) is 0 Å². The minimum Gasteiger partial charge on any atom is -0.465 e. The average molecular weight is 276 g/mol. The van der Waals surface area contributed by atoms with Crippen molar-refractivity contribution in [3.63, 3.8) is 0 Å². The van der Waals surface area contributed by atoms with E-state index in [9.17, 15) is 9.59 Å². The number of rotatable bonds is 2. The molecule has 0 aliphatic heterocycles. The highest BCUT2D eigenvalue weighted by Gasteiger charge is 2.38. The van der Waals surface area contributed by atoms with Gasteiger partial charge < -0.3 is 10.2 Å². The van der Waals surface area contributed by atoms with Crippen LogP contribution in [0.2, 0.25) is 0 Å². The second-order valence-electron chi connectivity index (χ2n) is 5.44. The minimum atomic E-state index is -1.53. The number of hydrogen-bond acceptors (Lipinski definition) is 3. The van der Waals surface area contributed by atoms with Crippen LogP contribution in [0.15, 0.2) is 24.3 Å². The maximum Gasteiger partial charge on any atom is 0.417 e. The van der Waals surface area contributed by atoms with Gasteiger partial charge in [-0.3, -0.25) is 0 Å². The Labute approximate surface area is 116 Å². The molecule has 0 saturated carbocycles. The standard InChI is InChI=1S/C14H16N2O4/c1-14(2,3)11(16(12(17)18)13(19)20)10-6-4-9(8-15)5-7-10/h4-7,11H,1-3H3,(H,17,18)(H,19,20). The van der Waals surface area contributed by atoms with Gasteiger partial charge in [0.25, 0.3) is 0 Å². The van der Waals surface area contributed by atoms with Gasteiger partial charge in [0.1, 0.15) is 0 Å². The van der Waals surface area contributed by atoms with Crippen LogP contribution < -0.4 is 0 Å². The molecule has 1 rings (SSSR count). The normalized spacial score (nSPS) is 12.3. The molecule has 0 spiro atoms. The monoisotopic (exact) mass is 276 g/mol. The van der Waals surface area contributed by atoms with Crippen molar-refractivity contribution in [3.05, 3.63) is 35.4 Å². The van der Waals surface area contributed by atoms with Crippen LogP contribution in [-0.2, 0) is 0 Å². The van der Waals surface area contributed by atoms with Crippen molar-refractivity contribution >= 4 is 12.2 Å². The van der Waals surface area contributed by atoms with Crippen LogP contribution in [0.3, 0.4) is 0 Å². The van der Waals surface area contributed by atoms with Crippen LogP contribution in [0.4, 0.5) is 9.59 Å². The number of imide groups is 1. The van der Waals surface area contributed by atoms with Crippen molar-refractivity contribution in [2.24, 2.45) is 5.41 Å². The number of amides is 2. The van der Waals surface area contributed by atoms with Gasteiger partial charge in [-0.1, -0.05) is 32.9 Å². The van der Waals surface area contributed by atoms with E-state index in [0.717, 1.165) is 0 Å². The molecular formula is C14H16N2O4. The summed E-state index contributed by atoms with van der Waals surface area (Å²) in [4.78, 5) is 22.8. The lowest BCUT2D eigenvalue weighted by atomic mass is 9.81. The van der Waals surface area contributed by atoms with E-state index in [1.807, 2.05) is 6.07 Å². The first-order valence-electron chi connectivity index (χ1n) is 5.93. The summed E-state index contributed by atoms with van der Waals surface area (Å²) in [6, 6.07) is 7.33. The SMILES string of the molecule is CC(C)(C)C(c1ccc(C#N)cc1)N(C(=O)O)C(=O)O. The summed E-state index contributed by atoms with van der Waals surface area (Å²) in [6.45, 7) is 5.28. The minimum absolute atomic E-state index is 0.390. The molecule has 0 saturated heterocycles. The van der Waals surface area contributed by atoms with Crippen molar-refractivity contribution < 1.29 is 19.8 Å². The van der Waals surface area contributed by atoms with Gasteiger partial charge in [0.2, 0.25) is 0 Å². The molecule has 2 N–H and O–H groups in total. The van der Waals surface area contributed by atoms with Gasteiger partial charge in [0.05, 0.1) is 17.7 Å². The third kappa shape index (κ3) is 3.26. The summed E-state index contributed by atoms with van der Waals surface area (Å²) in [5.74, 6) is 0. The smallest absolute Gasteiger partial charge is 0.417 e. The summed E-state index contributed by atoms with van der Waals surface area (Å²) >= 11 is 0. The zero-order valence-electron chi connectivity index (χ0n) is 11.5. The molecule has 20 heavy (non-hydrogen) atoms. The Kier molecular flexibility index (Phi) is 4.35. The van der Waals surface area contributed by atoms with Crippen LogP contribution in [-0.4, -0.2) is 27.3 Å².